The van der Waals surface area contributed by atoms with Gasteiger partial charge in [-0.1, -0.05) is 12.2 Å². The summed E-state index contributed by atoms with van der Waals surface area (Å²) in [4.78, 5) is 48.9. The molecule has 472 valence electrons. The molecule has 4 saturated carbocycles. The molecule has 4 saturated heterocycles. The number of fused-ring (bicyclic) bond motifs is 1. The Labute approximate surface area is 476 Å². The van der Waals surface area contributed by atoms with Crippen LogP contribution in [0.3, 0.4) is 0 Å². The average Bonchev–Trinajstić information content (AvgIpc) is 3.61. The van der Waals surface area contributed by atoms with E-state index in [-0.39, 0.29) is 43.9 Å². The standard InChI is InChI=1S/C54H82O29/c55-25-7-1-22(2-8-25)5-11-38(61)74-19-34-42(65)45(68)48(71)52(81-34)78-31-13-24(14-32(41(31)64)79-53-49(72)46(69)43(66)35(82-53)20-75-39(62)12-6-23-3-9-26(56)10-4-23)51-33(17-28-29(58)15-27(57)16-30(28)77-51)80-54-50(73)47(70)44(67)36(83-54)21-76-40(63)18-37(59)60/h5-6,11-12,22-36,41-58,64-73H,1-4,7-10,13-21H2,(H,59,60)/p+1. The topological polar surface area (TPSA) is 468 Å². The molecule has 0 aromatic carbocycles. The fourth-order valence-electron chi connectivity index (χ4n) is 12.6. The number of carbonyl (C=O) groups is 4. The summed E-state index contributed by atoms with van der Waals surface area (Å²) in [5, 5.41) is 163. The van der Waals surface area contributed by atoms with E-state index in [4.69, 9.17) is 52.5 Å². The molecular formula is C54H83O29+. The van der Waals surface area contributed by atoms with Crippen LogP contribution in [0, 0.1) is 23.7 Å². The van der Waals surface area contributed by atoms with Gasteiger partial charge in [0.25, 0.3) is 0 Å². The van der Waals surface area contributed by atoms with Crippen molar-refractivity contribution in [1.29, 1.82) is 0 Å². The van der Waals surface area contributed by atoms with Crippen LogP contribution in [0.5, 0.6) is 0 Å². The van der Waals surface area contributed by atoms with E-state index in [0.717, 1.165) is 0 Å². The van der Waals surface area contributed by atoms with Gasteiger partial charge in [-0.05, 0) is 82.5 Å². The Morgan fingerprint density at radius 2 is 0.855 bits per heavy atom. The van der Waals surface area contributed by atoms with E-state index < -0.39 is 215 Å². The monoisotopic (exact) mass is 1200 g/mol. The third-order valence-electron chi connectivity index (χ3n) is 17.5. The molecule has 8 rings (SSSR count). The third-order valence-corrected chi connectivity index (χ3v) is 17.5. The first-order chi connectivity index (χ1) is 39.4. The van der Waals surface area contributed by atoms with Crippen molar-refractivity contribution in [2.75, 3.05) is 19.8 Å². The predicted octanol–water partition coefficient (Wildman–Crippen LogP) is -5.54. The molecule has 0 bridgehead atoms. The van der Waals surface area contributed by atoms with Crippen LogP contribution in [0.1, 0.15) is 89.9 Å². The second-order valence-corrected chi connectivity index (χ2v) is 23.5. The second-order valence-electron chi connectivity index (χ2n) is 23.5. The first-order valence-electron chi connectivity index (χ1n) is 28.7. The lowest BCUT2D eigenvalue weighted by Crippen LogP contribution is -2.65. The van der Waals surface area contributed by atoms with Crippen LogP contribution in [-0.4, -0.2) is 278 Å². The highest BCUT2D eigenvalue weighted by Crippen LogP contribution is 2.44. The molecule has 0 radical (unpaired) electrons. The Morgan fingerprint density at radius 3 is 1.28 bits per heavy atom. The van der Waals surface area contributed by atoms with Gasteiger partial charge in [-0.2, -0.15) is 0 Å². The number of carboxylic acids is 1. The first-order valence-corrected chi connectivity index (χ1v) is 28.7. The SMILES string of the molecule is O=C(O)CC(=O)OCC1OC(OC2CC3C(O)CC(O)CC3[OH+]C2C2CC(OC3OC(COC(=O)C=CC4CCC(O)CC4)C(O)C(O)C3O)C(O)C(OC3OC(COC(=O)C=CC4CCC(O)CC4)C(O)C(O)C3O)C2)C(O)C(O)C1O. The summed E-state index contributed by atoms with van der Waals surface area (Å²) >= 11 is 0. The minimum absolute atomic E-state index is 0.00574. The van der Waals surface area contributed by atoms with Gasteiger partial charge in [0.1, 0.15) is 112 Å². The van der Waals surface area contributed by atoms with Crippen LogP contribution in [0.4, 0.5) is 0 Å². The number of carbonyl (C=O) groups excluding carboxylic acids is 3. The Balaban J connectivity index is 1.04. The van der Waals surface area contributed by atoms with Gasteiger partial charge >= 0.3 is 23.9 Å². The Kier molecular flexibility index (Phi) is 23.3. The molecular weight excluding hydrogens is 1110 g/mol. The summed E-state index contributed by atoms with van der Waals surface area (Å²) in [5.74, 6) is -6.01. The highest BCUT2D eigenvalue weighted by Gasteiger charge is 2.58. The Morgan fingerprint density at radius 1 is 0.446 bits per heavy atom. The van der Waals surface area contributed by atoms with Crippen LogP contribution < -0.4 is 0 Å². The van der Waals surface area contributed by atoms with Gasteiger partial charge in [-0.15, -0.1) is 0 Å². The largest absolute Gasteiger partial charge is 0.481 e. The lowest BCUT2D eigenvalue weighted by Gasteiger charge is -2.50. The maximum absolute atomic E-state index is 12.8. The molecule has 29 heteroatoms. The highest BCUT2D eigenvalue weighted by atomic mass is 16.7. The van der Waals surface area contributed by atoms with Gasteiger partial charge in [0.05, 0.1) is 42.5 Å². The molecule has 0 amide bonds. The first kappa shape index (κ1) is 65.5. The van der Waals surface area contributed by atoms with Crippen LogP contribution in [-0.2, 0) is 61.8 Å². The summed E-state index contributed by atoms with van der Waals surface area (Å²) in [6.07, 6.45) is -30.1. The third kappa shape index (κ3) is 16.8. The Bertz CT molecular complexity index is 2080. The molecule has 8 aliphatic rings. The van der Waals surface area contributed by atoms with Crippen molar-refractivity contribution in [3.63, 3.8) is 0 Å². The summed E-state index contributed by atoms with van der Waals surface area (Å²) in [6.45, 7) is -2.11. The van der Waals surface area contributed by atoms with Gasteiger partial charge in [-0.3, -0.25) is 9.59 Å². The fraction of sp³-hybridized carbons (Fsp3) is 0.852. The summed E-state index contributed by atoms with van der Waals surface area (Å²) in [6, 6.07) is 0. The van der Waals surface area contributed by atoms with Gasteiger partial charge in [0, 0.05) is 30.9 Å². The number of esters is 3. The van der Waals surface area contributed by atoms with Crippen molar-refractivity contribution in [2.24, 2.45) is 23.7 Å². The predicted molar refractivity (Wildman–Crippen MR) is 272 cm³/mol. The fourth-order valence-corrected chi connectivity index (χ4v) is 12.6. The number of ether oxygens (including phenoxy) is 10. The van der Waals surface area contributed by atoms with E-state index >= 15 is 0 Å². The molecule has 0 spiro atoms. The average molecular weight is 1200 g/mol. The zero-order chi connectivity index (χ0) is 60.0. The minimum Gasteiger partial charge on any atom is -0.481 e. The number of carboxylic acid groups (broad SMARTS) is 1. The number of rotatable bonds is 19. The van der Waals surface area contributed by atoms with Crippen LogP contribution in [0.25, 0.3) is 0 Å². The van der Waals surface area contributed by atoms with Crippen LogP contribution in [0.15, 0.2) is 24.3 Å². The van der Waals surface area contributed by atoms with Crippen molar-refractivity contribution in [3.05, 3.63) is 24.3 Å². The molecule has 83 heavy (non-hydrogen) atoms. The molecule has 4 aliphatic carbocycles. The van der Waals surface area contributed by atoms with E-state index in [1.807, 2.05) is 0 Å². The van der Waals surface area contributed by atoms with E-state index in [1.54, 1.807) is 12.2 Å². The van der Waals surface area contributed by atoms with E-state index in [1.165, 1.54) is 12.2 Å². The number of hydrogen-bond acceptors (Lipinski definition) is 27. The minimum atomic E-state index is -2.02. The molecule has 8 fully saturated rings. The Hall–Kier alpha value is -3.48. The molecule has 4 heterocycles. The lowest BCUT2D eigenvalue weighted by atomic mass is 9.72. The quantitative estimate of drug-likeness (QED) is 0.0189. The van der Waals surface area contributed by atoms with Crippen LogP contribution in [0.2, 0.25) is 0 Å². The summed E-state index contributed by atoms with van der Waals surface area (Å²) < 4.78 is 57.4. The normalized spacial score (nSPS) is 46.2. The smallest absolute Gasteiger partial charge is 0.330 e. The maximum atomic E-state index is 12.8. The van der Waals surface area contributed by atoms with Gasteiger partial charge in [0.2, 0.25) is 0 Å². The van der Waals surface area contributed by atoms with Gasteiger partial charge in [-0.25, -0.2) is 9.59 Å². The highest BCUT2D eigenvalue weighted by molar-refractivity contribution is 5.90. The van der Waals surface area contributed by atoms with E-state index in [2.05, 4.69) is 0 Å². The molecule has 23 atom stereocenters. The van der Waals surface area contributed by atoms with Crippen molar-refractivity contribution >= 4 is 23.9 Å². The second kappa shape index (κ2) is 29.5. The number of aliphatic carboxylic acids is 1. The van der Waals surface area contributed by atoms with Crippen molar-refractivity contribution in [3.8, 4) is 0 Å². The van der Waals surface area contributed by atoms with Gasteiger partial charge in [0.15, 0.2) is 31.1 Å². The lowest BCUT2D eigenvalue weighted by molar-refractivity contribution is -0.365. The molecule has 0 aromatic heterocycles. The summed E-state index contributed by atoms with van der Waals surface area (Å²) in [5.41, 5.74) is 0. The van der Waals surface area contributed by atoms with Crippen molar-refractivity contribution in [2.45, 2.75) is 243 Å². The zero-order valence-corrected chi connectivity index (χ0v) is 45.5. The molecule has 23 unspecified atom stereocenters. The van der Waals surface area contributed by atoms with Crippen molar-refractivity contribution < 1.29 is 143 Å². The molecule has 16 N–H and O–H groups in total. The number of allylic oxidation sites excluding steroid dienone is 2. The summed E-state index contributed by atoms with van der Waals surface area (Å²) in [7, 11) is 0. The maximum Gasteiger partial charge on any atom is 0.330 e. The van der Waals surface area contributed by atoms with Gasteiger partial charge < -0.3 is 124 Å². The van der Waals surface area contributed by atoms with Crippen molar-refractivity contribution in [1.82, 2.24) is 0 Å². The number of aliphatic hydroxyl groups is 16. The molecule has 29 nitrogen and oxygen atoms in total. The zero-order valence-electron chi connectivity index (χ0n) is 45.5. The number of hydrogen-bond donors (Lipinski definition) is 15. The van der Waals surface area contributed by atoms with E-state index in [0.29, 0.717) is 51.4 Å². The molecule has 0 aromatic rings. The number of aliphatic hydroxyl groups excluding tert-OH is 14. The molecule has 4 aliphatic heterocycles. The van der Waals surface area contributed by atoms with Crippen LogP contribution >= 0.6 is 0 Å². The van der Waals surface area contributed by atoms with E-state index in [9.17, 15) is 90.7 Å².